The Balaban J connectivity index is 1.58. The van der Waals surface area contributed by atoms with Crippen LogP contribution < -0.4 is 10.2 Å². The van der Waals surface area contributed by atoms with Crippen LogP contribution in [0.1, 0.15) is 35.7 Å². The smallest absolute Gasteiger partial charge is 0.293 e. The van der Waals surface area contributed by atoms with Crippen molar-refractivity contribution in [2.75, 3.05) is 23.3 Å². The zero-order valence-corrected chi connectivity index (χ0v) is 17.2. The molecule has 1 amide bonds. The third-order valence-electron chi connectivity index (χ3n) is 5.40. The van der Waals surface area contributed by atoms with Gasteiger partial charge in [-0.2, -0.15) is 0 Å². The summed E-state index contributed by atoms with van der Waals surface area (Å²) in [5.74, 6) is 0.233. The Labute approximate surface area is 172 Å². The quantitative estimate of drug-likeness (QED) is 0.483. The maximum Gasteiger partial charge on any atom is 0.293 e. The van der Waals surface area contributed by atoms with Gasteiger partial charge in [-0.25, -0.2) is 4.98 Å². The normalized spacial score (nSPS) is 14.9. The van der Waals surface area contributed by atoms with Gasteiger partial charge in [-0.1, -0.05) is 30.4 Å². The van der Waals surface area contributed by atoms with Crippen LogP contribution >= 0.6 is 11.3 Å². The lowest BCUT2D eigenvalue weighted by Gasteiger charge is -2.31. The minimum absolute atomic E-state index is 0.0349. The van der Waals surface area contributed by atoms with Crippen LogP contribution in [-0.2, 0) is 0 Å². The van der Waals surface area contributed by atoms with Gasteiger partial charge in [-0.05, 0) is 49.4 Å². The highest BCUT2D eigenvalue weighted by molar-refractivity contribution is 7.22. The topological polar surface area (TPSA) is 88.4 Å². The molecular weight excluding hydrogens is 388 g/mol. The summed E-state index contributed by atoms with van der Waals surface area (Å²) in [6.07, 6.45) is 2.02. The molecule has 0 aliphatic carbocycles. The van der Waals surface area contributed by atoms with Gasteiger partial charge in [0.2, 0.25) is 0 Å². The van der Waals surface area contributed by atoms with Crippen molar-refractivity contribution in [3.63, 3.8) is 0 Å². The number of thiazole rings is 1. The van der Waals surface area contributed by atoms with Gasteiger partial charge in [0.1, 0.15) is 5.69 Å². The molecule has 29 heavy (non-hydrogen) atoms. The number of hydrogen-bond donors (Lipinski definition) is 1. The third kappa shape index (κ3) is 3.93. The fraction of sp³-hybridized carbons (Fsp3) is 0.333. The Morgan fingerprint density at radius 2 is 2.03 bits per heavy atom. The second-order valence-corrected chi connectivity index (χ2v) is 8.56. The molecule has 1 saturated heterocycles. The molecule has 0 bridgehead atoms. The summed E-state index contributed by atoms with van der Waals surface area (Å²) >= 11 is 1.39. The molecule has 150 valence electrons. The number of carbonyl (C=O) groups is 1. The summed E-state index contributed by atoms with van der Waals surface area (Å²) in [5, 5.41) is 14.9. The van der Waals surface area contributed by atoms with Crippen LogP contribution in [0.2, 0.25) is 0 Å². The Bertz CT molecular complexity index is 1090. The molecule has 2 heterocycles. The Hall–Kier alpha value is -3.00. The first-order valence-corrected chi connectivity index (χ1v) is 10.4. The molecule has 8 heteroatoms. The highest BCUT2D eigenvalue weighted by atomic mass is 32.1. The van der Waals surface area contributed by atoms with E-state index in [2.05, 4.69) is 17.2 Å². The zero-order chi connectivity index (χ0) is 20.5. The number of carbonyl (C=O) groups excluding carboxylic acids is 1. The lowest BCUT2D eigenvalue weighted by atomic mass is 9.98. The summed E-state index contributed by atoms with van der Waals surface area (Å²) in [5.41, 5.74) is 2.69. The molecule has 4 rings (SSSR count). The number of anilines is 2. The molecule has 1 fully saturated rings. The van der Waals surface area contributed by atoms with E-state index in [9.17, 15) is 14.9 Å². The highest BCUT2D eigenvalue weighted by Crippen LogP contribution is 2.33. The Morgan fingerprint density at radius 3 is 2.72 bits per heavy atom. The van der Waals surface area contributed by atoms with Gasteiger partial charge in [0.25, 0.3) is 11.6 Å². The SMILES string of the molecule is Cc1cccc2sc(NC(=O)c3ccc(N4CCC(C)CC4)c([N+](=O)[O-])c3)nc12. The molecule has 0 radical (unpaired) electrons. The molecular formula is C21H22N4O3S. The first-order chi connectivity index (χ1) is 13.9. The van der Waals surface area contributed by atoms with Crippen LogP contribution in [0.4, 0.5) is 16.5 Å². The summed E-state index contributed by atoms with van der Waals surface area (Å²) in [7, 11) is 0. The van der Waals surface area contributed by atoms with Crippen molar-refractivity contribution < 1.29 is 9.72 Å². The van der Waals surface area contributed by atoms with E-state index in [1.165, 1.54) is 17.4 Å². The van der Waals surface area contributed by atoms with Crippen molar-refractivity contribution in [2.24, 2.45) is 5.92 Å². The molecule has 7 nitrogen and oxygen atoms in total. The first-order valence-electron chi connectivity index (χ1n) is 9.63. The average Bonchev–Trinajstić information content (AvgIpc) is 3.12. The van der Waals surface area contributed by atoms with Gasteiger partial charge in [-0.15, -0.1) is 0 Å². The number of nitrogens with zero attached hydrogens (tertiary/aromatic N) is 3. The van der Waals surface area contributed by atoms with Crippen molar-refractivity contribution >= 4 is 44.0 Å². The van der Waals surface area contributed by atoms with Gasteiger partial charge >= 0.3 is 0 Å². The minimum Gasteiger partial charge on any atom is -0.366 e. The molecule has 0 spiro atoms. The molecule has 1 aliphatic rings. The zero-order valence-electron chi connectivity index (χ0n) is 16.3. The van der Waals surface area contributed by atoms with Crippen LogP contribution in [0.5, 0.6) is 0 Å². The van der Waals surface area contributed by atoms with Crippen LogP contribution in [-0.4, -0.2) is 28.9 Å². The first kappa shape index (κ1) is 19.3. The number of amides is 1. The van der Waals surface area contributed by atoms with Crippen LogP contribution in [0.15, 0.2) is 36.4 Å². The average molecular weight is 410 g/mol. The summed E-state index contributed by atoms with van der Waals surface area (Å²) in [6.45, 7) is 5.75. The van der Waals surface area contributed by atoms with Gasteiger partial charge in [-0.3, -0.25) is 20.2 Å². The number of aryl methyl sites for hydroxylation is 1. The third-order valence-corrected chi connectivity index (χ3v) is 6.34. The molecule has 2 aromatic carbocycles. The monoisotopic (exact) mass is 410 g/mol. The van der Waals surface area contributed by atoms with Gasteiger partial charge in [0, 0.05) is 24.7 Å². The number of para-hydroxylation sites is 1. The maximum atomic E-state index is 12.7. The van der Waals surface area contributed by atoms with Crippen LogP contribution in [0.3, 0.4) is 0 Å². The van der Waals surface area contributed by atoms with E-state index in [1.54, 1.807) is 12.1 Å². The van der Waals surface area contributed by atoms with Crippen LogP contribution in [0, 0.1) is 23.0 Å². The molecule has 3 aromatic rings. The number of hydrogen-bond acceptors (Lipinski definition) is 6. The van der Waals surface area contributed by atoms with E-state index in [4.69, 9.17) is 0 Å². The number of benzene rings is 2. The predicted octanol–water partition coefficient (Wildman–Crippen LogP) is 5.00. The standard InChI is InChI=1S/C21H22N4O3S/c1-13-8-10-24(11-9-13)16-7-6-15(12-17(16)25(27)28)20(26)23-21-22-19-14(2)4-3-5-18(19)29-21/h3-7,12-13H,8-11H2,1-2H3,(H,22,23,26). The fourth-order valence-electron chi connectivity index (χ4n) is 3.64. The fourth-order valence-corrected chi connectivity index (χ4v) is 4.58. The summed E-state index contributed by atoms with van der Waals surface area (Å²) < 4.78 is 0.987. The van der Waals surface area contributed by atoms with Gasteiger partial charge in [0.05, 0.1) is 15.1 Å². The number of nitro groups is 1. The molecule has 1 aromatic heterocycles. The van der Waals surface area contributed by atoms with Gasteiger partial charge in [0.15, 0.2) is 5.13 Å². The Kier molecular flexibility index (Phi) is 5.19. The summed E-state index contributed by atoms with van der Waals surface area (Å²) in [4.78, 5) is 30.5. The molecule has 0 saturated carbocycles. The van der Waals surface area contributed by atoms with Crippen molar-refractivity contribution in [3.05, 3.63) is 57.6 Å². The van der Waals surface area contributed by atoms with E-state index in [0.717, 1.165) is 41.7 Å². The summed E-state index contributed by atoms with van der Waals surface area (Å²) in [6, 6.07) is 10.6. The van der Waals surface area contributed by atoms with E-state index in [1.807, 2.05) is 30.0 Å². The second-order valence-electron chi connectivity index (χ2n) is 7.52. The van der Waals surface area contributed by atoms with E-state index < -0.39 is 10.8 Å². The lowest BCUT2D eigenvalue weighted by Crippen LogP contribution is -2.33. The van der Waals surface area contributed by atoms with Crippen molar-refractivity contribution in [1.29, 1.82) is 0 Å². The predicted molar refractivity (Wildman–Crippen MR) is 116 cm³/mol. The molecule has 0 unspecified atom stereocenters. The maximum absolute atomic E-state index is 12.7. The number of fused-ring (bicyclic) bond motifs is 1. The second kappa shape index (κ2) is 7.79. The molecule has 0 atom stereocenters. The van der Waals surface area contributed by atoms with E-state index >= 15 is 0 Å². The lowest BCUT2D eigenvalue weighted by molar-refractivity contribution is -0.384. The van der Waals surface area contributed by atoms with Crippen LogP contribution in [0.25, 0.3) is 10.2 Å². The van der Waals surface area contributed by atoms with Crippen molar-refractivity contribution in [3.8, 4) is 0 Å². The van der Waals surface area contributed by atoms with E-state index in [-0.39, 0.29) is 11.3 Å². The van der Waals surface area contributed by atoms with Crippen molar-refractivity contribution in [2.45, 2.75) is 26.7 Å². The van der Waals surface area contributed by atoms with Crippen molar-refractivity contribution in [1.82, 2.24) is 4.98 Å². The molecule has 1 aliphatic heterocycles. The number of aromatic nitrogens is 1. The number of nitrogens with one attached hydrogen (secondary N) is 1. The highest BCUT2D eigenvalue weighted by Gasteiger charge is 2.25. The molecule has 1 N–H and O–H groups in total. The minimum atomic E-state index is -0.412. The Morgan fingerprint density at radius 1 is 1.28 bits per heavy atom. The van der Waals surface area contributed by atoms with Gasteiger partial charge < -0.3 is 4.90 Å². The number of piperidine rings is 1. The number of nitro benzene ring substituents is 1. The largest absolute Gasteiger partial charge is 0.366 e. The number of rotatable bonds is 4. The van der Waals surface area contributed by atoms with E-state index in [0.29, 0.717) is 16.7 Å².